The number of nitrogens with one attached hydrogen (secondary N) is 2. The fourth-order valence-corrected chi connectivity index (χ4v) is 3.03. The molecule has 3 amide bonds. The fourth-order valence-electron chi connectivity index (χ4n) is 3.03. The lowest BCUT2D eigenvalue weighted by Gasteiger charge is -2.31. The quantitative estimate of drug-likeness (QED) is 0.799. The first-order valence-electron chi connectivity index (χ1n) is 9.11. The lowest BCUT2D eigenvalue weighted by atomic mass is 9.96. The SMILES string of the molecule is N#CCOc1ccc(NC(=O)C2CCN(C(=O)NCc3ccco3)CC2)cc1. The number of anilines is 1. The molecule has 8 nitrogen and oxygen atoms in total. The largest absolute Gasteiger partial charge is 0.479 e. The maximum absolute atomic E-state index is 12.5. The van der Waals surface area contributed by atoms with Gasteiger partial charge in [0.15, 0.2) is 6.61 Å². The maximum atomic E-state index is 12.5. The summed E-state index contributed by atoms with van der Waals surface area (Å²) in [6.07, 6.45) is 2.80. The number of benzene rings is 1. The van der Waals surface area contributed by atoms with E-state index >= 15 is 0 Å². The van der Waals surface area contributed by atoms with Crippen LogP contribution in [0.15, 0.2) is 47.1 Å². The lowest BCUT2D eigenvalue weighted by Crippen LogP contribution is -2.45. The highest BCUT2D eigenvalue weighted by molar-refractivity contribution is 5.92. The average Bonchev–Trinajstić information content (AvgIpc) is 3.25. The van der Waals surface area contributed by atoms with Crippen molar-refractivity contribution in [2.75, 3.05) is 25.0 Å². The number of rotatable bonds is 6. The van der Waals surface area contributed by atoms with Crippen LogP contribution in [0.4, 0.5) is 10.5 Å². The molecule has 1 aromatic heterocycles. The number of nitriles is 1. The van der Waals surface area contributed by atoms with Gasteiger partial charge < -0.3 is 24.7 Å². The summed E-state index contributed by atoms with van der Waals surface area (Å²) in [5.74, 6) is 1.09. The Morgan fingerprint density at radius 2 is 1.96 bits per heavy atom. The number of furan rings is 1. The van der Waals surface area contributed by atoms with E-state index < -0.39 is 0 Å². The molecule has 0 bridgehead atoms. The molecular formula is C20H22N4O4. The molecule has 1 fully saturated rings. The van der Waals surface area contributed by atoms with Crippen molar-refractivity contribution in [2.45, 2.75) is 19.4 Å². The van der Waals surface area contributed by atoms with E-state index in [0.29, 0.717) is 49.7 Å². The molecule has 0 radical (unpaired) electrons. The van der Waals surface area contributed by atoms with Crippen molar-refractivity contribution in [3.63, 3.8) is 0 Å². The molecular weight excluding hydrogens is 360 g/mol. The van der Waals surface area contributed by atoms with Gasteiger partial charge in [-0.3, -0.25) is 4.79 Å². The van der Waals surface area contributed by atoms with Crippen molar-refractivity contribution in [3.8, 4) is 11.8 Å². The minimum absolute atomic E-state index is 0.0145. The third-order valence-electron chi connectivity index (χ3n) is 4.57. The molecule has 8 heteroatoms. The van der Waals surface area contributed by atoms with Crippen LogP contribution >= 0.6 is 0 Å². The third-order valence-corrected chi connectivity index (χ3v) is 4.57. The van der Waals surface area contributed by atoms with Gasteiger partial charge in [0.25, 0.3) is 0 Å². The summed E-state index contributed by atoms with van der Waals surface area (Å²) in [4.78, 5) is 26.4. The molecule has 2 aromatic rings. The van der Waals surface area contributed by atoms with E-state index in [1.165, 1.54) is 0 Å². The van der Waals surface area contributed by atoms with Crippen LogP contribution in [0.1, 0.15) is 18.6 Å². The van der Waals surface area contributed by atoms with E-state index in [0.717, 1.165) is 0 Å². The Labute approximate surface area is 163 Å². The summed E-state index contributed by atoms with van der Waals surface area (Å²) >= 11 is 0. The third kappa shape index (κ3) is 5.27. The zero-order valence-corrected chi connectivity index (χ0v) is 15.4. The highest BCUT2D eigenvalue weighted by Gasteiger charge is 2.27. The van der Waals surface area contributed by atoms with Crippen LogP contribution in [0, 0.1) is 17.2 Å². The summed E-state index contributed by atoms with van der Waals surface area (Å²) in [7, 11) is 0. The molecule has 2 heterocycles. The van der Waals surface area contributed by atoms with E-state index in [4.69, 9.17) is 14.4 Å². The van der Waals surface area contributed by atoms with E-state index in [9.17, 15) is 9.59 Å². The topological polar surface area (TPSA) is 108 Å². The summed E-state index contributed by atoms with van der Waals surface area (Å²) < 4.78 is 10.4. The summed E-state index contributed by atoms with van der Waals surface area (Å²) in [6.45, 7) is 1.39. The number of hydrogen-bond acceptors (Lipinski definition) is 5. The fraction of sp³-hybridized carbons (Fsp3) is 0.350. The number of carbonyl (C=O) groups excluding carboxylic acids is 2. The van der Waals surface area contributed by atoms with E-state index in [1.54, 1.807) is 47.6 Å². The van der Waals surface area contributed by atoms with Crippen LogP contribution in [-0.4, -0.2) is 36.5 Å². The molecule has 1 aliphatic rings. The first kappa shape index (κ1) is 19.3. The van der Waals surface area contributed by atoms with Crippen LogP contribution in [0.5, 0.6) is 5.75 Å². The van der Waals surface area contributed by atoms with Gasteiger partial charge in [0, 0.05) is 24.7 Å². The second-order valence-corrected chi connectivity index (χ2v) is 6.46. The molecule has 1 saturated heterocycles. The molecule has 3 rings (SSSR count). The first-order valence-corrected chi connectivity index (χ1v) is 9.11. The van der Waals surface area contributed by atoms with Gasteiger partial charge in [-0.2, -0.15) is 5.26 Å². The van der Waals surface area contributed by atoms with Gasteiger partial charge in [0.1, 0.15) is 17.6 Å². The van der Waals surface area contributed by atoms with E-state index in [-0.39, 0.29) is 24.5 Å². The molecule has 0 spiro atoms. The maximum Gasteiger partial charge on any atom is 0.317 e. The highest BCUT2D eigenvalue weighted by atomic mass is 16.5. The van der Waals surface area contributed by atoms with Gasteiger partial charge in [-0.1, -0.05) is 0 Å². The normalized spacial score (nSPS) is 14.2. The minimum atomic E-state index is -0.150. The van der Waals surface area contributed by atoms with Crippen molar-refractivity contribution in [3.05, 3.63) is 48.4 Å². The molecule has 1 aliphatic heterocycles. The Morgan fingerprint density at radius 1 is 1.21 bits per heavy atom. The van der Waals surface area contributed by atoms with Crippen LogP contribution in [-0.2, 0) is 11.3 Å². The van der Waals surface area contributed by atoms with Gasteiger partial charge in [0.05, 0.1) is 12.8 Å². The molecule has 2 N–H and O–H groups in total. The Hall–Kier alpha value is -3.47. The summed E-state index contributed by atoms with van der Waals surface area (Å²) in [5.41, 5.74) is 0.674. The van der Waals surface area contributed by atoms with Crippen LogP contribution in [0.2, 0.25) is 0 Å². The molecule has 0 unspecified atom stereocenters. The van der Waals surface area contributed by atoms with Gasteiger partial charge in [-0.25, -0.2) is 4.79 Å². The van der Waals surface area contributed by atoms with Crippen LogP contribution < -0.4 is 15.4 Å². The Kier molecular flexibility index (Phi) is 6.52. The van der Waals surface area contributed by atoms with Crippen LogP contribution in [0.3, 0.4) is 0 Å². The van der Waals surface area contributed by atoms with Crippen molar-refractivity contribution >= 4 is 17.6 Å². The second kappa shape index (κ2) is 9.46. The van der Waals surface area contributed by atoms with Crippen molar-refractivity contribution in [1.82, 2.24) is 10.2 Å². The number of likely N-dealkylation sites (tertiary alicyclic amines) is 1. The first-order chi connectivity index (χ1) is 13.7. The number of nitrogens with zero attached hydrogens (tertiary/aromatic N) is 2. The molecule has 0 atom stereocenters. The van der Waals surface area contributed by atoms with Gasteiger partial charge in [0.2, 0.25) is 5.91 Å². The average molecular weight is 382 g/mol. The zero-order valence-electron chi connectivity index (χ0n) is 15.4. The highest BCUT2D eigenvalue weighted by Crippen LogP contribution is 2.21. The number of urea groups is 1. The number of ether oxygens (including phenoxy) is 1. The predicted molar refractivity (Wildman–Crippen MR) is 101 cm³/mol. The molecule has 1 aromatic carbocycles. The predicted octanol–water partition coefficient (Wildman–Crippen LogP) is 2.74. The van der Waals surface area contributed by atoms with Crippen molar-refractivity contribution in [1.29, 1.82) is 5.26 Å². The van der Waals surface area contributed by atoms with Gasteiger partial charge >= 0.3 is 6.03 Å². The molecule has 0 aliphatic carbocycles. The lowest BCUT2D eigenvalue weighted by molar-refractivity contribution is -0.121. The zero-order chi connectivity index (χ0) is 19.8. The molecule has 0 saturated carbocycles. The molecule has 28 heavy (non-hydrogen) atoms. The minimum Gasteiger partial charge on any atom is -0.479 e. The monoisotopic (exact) mass is 382 g/mol. The van der Waals surface area contributed by atoms with Crippen molar-refractivity contribution < 1.29 is 18.7 Å². The second-order valence-electron chi connectivity index (χ2n) is 6.46. The van der Waals surface area contributed by atoms with E-state index in [1.807, 2.05) is 6.07 Å². The number of piperidine rings is 1. The molecule has 146 valence electrons. The van der Waals surface area contributed by atoms with Crippen LogP contribution in [0.25, 0.3) is 0 Å². The Bertz CT molecular complexity index is 819. The van der Waals surface area contributed by atoms with Gasteiger partial charge in [-0.05, 0) is 49.2 Å². The standard InChI is InChI=1S/C20H22N4O4/c21-9-13-28-17-5-3-16(4-6-17)23-19(25)15-7-10-24(11-8-15)20(26)22-14-18-2-1-12-27-18/h1-6,12,15H,7-8,10-11,13-14H2,(H,22,26)(H,23,25). The van der Waals surface area contributed by atoms with Gasteiger partial charge in [-0.15, -0.1) is 0 Å². The Balaban J connectivity index is 1.42. The number of amides is 3. The van der Waals surface area contributed by atoms with Crippen molar-refractivity contribution in [2.24, 2.45) is 5.92 Å². The Morgan fingerprint density at radius 3 is 2.61 bits per heavy atom. The summed E-state index contributed by atoms with van der Waals surface area (Å²) in [5, 5.41) is 14.2. The summed E-state index contributed by atoms with van der Waals surface area (Å²) in [6, 6.07) is 12.2. The number of hydrogen-bond donors (Lipinski definition) is 2. The number of carbonyl (C=O) groups is 2. The van der Waals surface area contributed by atoms with E-state index in [2.05, 4.69) is 10.6 Å². The smallest absolute Gasteiger partial charge is 0.317 e.